The Bertz CT molecular complexity index is 362. The second-order valence-corrected chi connectivity index (χ2v) is 5.12. The summed E-state index contributed by atoms with van der Waals surface area (Å²) < 4.78 is 0. The molecule has 2 N–H and O–H groups in total. The van der Waals surface area contributed by atoms with Crippen LogP contribution in [0.1, 0.15) is 35.7 Å². The van der Waals surface area contributed by atoms with E-state index in [1.807, 2.05) is 11.3 Å². The minimum Gasteiger partial charge on any atom is -0.359 e. The predicted molar refractivity (Wildman–Crippen MR) is 66.7 cm³/mol. The van der Waals surface area contributed by atoms with E-state index < -0.39 is 0 Å². The lowest BCUT2D eigenvalue weighted by Gasteiger charge is -2.23. The Hall–Kier alpha value is -0.870. The number of carbonyl (C=O) groups is 1. The number of thiophene rings is 1. The molecule has 1 atom stereocenters. The summed E-state index contributed by atoms with van der Waals surface area (Å²) in [4.78, 5) is 12.6. The lowest BCUT2D eigenvalue weighted by atomic mass is 9.94. The lowest BCUT2D eigenvalue weighted by Crippen LogP contribution is -2.29. The highest BCUT2D eigenvalue weighted by Crippen LogP contribution is 2.32. The maximum atomic E-state index is 11.1. The van der Waals surface area contributed by atoms with Crippen molar-refractivity contribution in [3.63, 3.8) is 0 Å². The summed E-state index contributed by atoms with van der Waals surface area (Å²) >= 11 is 1.85. The molecule has 4 heteroatoms. The van der Waals surface area contributed by atoms with E-state index in [0.29, 0.717) is 12.5 Å². The molecule has 1 amide bonds. The SMILES string of the molecule is CNC(=O)CCNC1CCCc2sccc21. The van der Waals surface area contributed by atoms with Gasteiger partial charge >= 0.3 is 0 Å². The molecule has 1 heterocycles. The molecule has 1 unspecified atom stereocenters. The van der Waals surface area contributed by atoms with E-state index in [9.17, 15) is 4.79 Å². The van der Waals surface area contributed by atoms with E-state index >= 15 is 0 Å². The number of amides is 1. The van der Waals surface area contributed by atoms with E-state index in [1.54, 1.807) is 7.05 Å². The monoisotopic (exact) mass is 238 g/mol. The van der Waals surface area contributed by atoms with E-state index in [-0.39, 0.29) is 5.91 Å². The summed E-state index contributed by atoms with van der Waals surface area (Å²) in [7, 11) is 1.68. The Balaban J connectivity index is 1.86. The topological polar surface area (TPSA) is 41.1 Å². The molecule has 2 rings (SSSR count). The highest BCUT2D eigenvalue weighted by atomic mass is 32.1. The normalized spacial score (nSPS) is 19.2. The summed E-state index contributed by atoms with van der Waals surface area (Å²) in [6.45, 7) is 0.764. The number of carbonyl (C=O) groups excluding carboxylic acids is 1. The second kappa shape index (κ2) is 5.46. The van der Waals surface area contributed by atoms with Crippen molar-refractivity contribution in [1.29, 1.82) is 0 Å². The van der Waals surface area contributed by atoms with Gasteiger partial charge in [0, 0.05) is 30.9 Å². The number of nitrogens with one attached hydrogen (secondary N) is 2. The van der Waals surface area contributed by atoms with Crippen LogP contribution >= 0.6 is 11.3 Å². The van der Waals surface area contributed by atoms with Crippen molar-refractivity contribution in [1.82, 2.24) is 10.6 Å². The van der Waals surface area contributed by atoms with Crippen LogP contribution in [-0.4, -0.2) is 19.5 Å². The average Bonchev–Trinajstić information content (AvgIpc) is 2.77. The van der Waals surface area contributed by atoms with Gasteiger partial charge in [0.1, 0.15) is 0 Å². The standard InChI is InChI=1S/C12H18N2OS/c1-13-12(15)5-7-14-10-3-2-4-11-9(10)6-8-16-11/h6,8,10,14H,2-5,7H2,1H3,(H,13,15). The van der Waals surface area contributed by atoms with Crippen molar-refractivity contribution in [3.05, 3.63) is 21.9 Å². The predicted octanol–water partition coefficient (Wildman–Crippen LogP) is 1.85. The van der Waals surface area contributed by atoms with Gasteiger partial charge in [-0.05, 0) is 36.3 Å². The first-order valence-corrected chi connectivity index (χ1v) is 6.69. The fourth-order valence-corrected chi connectivity index (χ4v) is 3.17. The van der Waals surface area contributed by atoms with E-state index in [4.69, 9.17) is 0 Å². The third-order valence-electron chi connectivity index (χ3n) is 3.07. The minimum atomic E-state index is 0.105. The zero-order valence-electron chi connectivity index (χ0n) is 9.58. The highest BCUT2D eigenvalue weighted by Gasteiger charge is 2.20. The molecule has 0 saturated heterocycles. The van der Waals surface area contributed by atoms with Gasteiger partial charge in [0.05, 0.1) is 0 Å². The van der Waals surface area contributed by atoms with Crippen molar-refractivity contribution >= 4 is 17.2 Å². The van der Waals surface area contributed by atoms with Crippen LogP contribution in [0, 0.1) is 0 Å². The van der Waals surface area contributed by atoms with Gasteiger partial charge in [-0.15, -0.1) is 11.3 Å². The summed E-state index contributed by atoms with van der Waals surface area (Å²) in [5.74, 6) is 0.105. The largest absolute Gasteiger partial charge is 0.359 e. The Morgan fingerprint density at radius 2 is 2.50 bits per heavy atom. The van der Waals surface area contributed by atoms with Crippen LogP contribution in [0.3, 0.4) is 0 Å². The molecular weight excluding hydrogens is 220 g/mol. The first-order chi connectivity index (χ1) is 7.81. The van der Waals surface area contributed by atoms with Gasteiger partial charge < -0.3 is 10.6 Å². The third kappa shape index (κ3) is 2.62. The van der Waals surface area contributed by atoms with E-state index in [2.05, 4.69) is 22.1 Å². The van der Waals surface area contributed by atoms with Gasteiger partial charge in [0.2, 0.25) is 5.91 Å². The van der Waals surface area contributed by atoms with Gasteiger partial charge in [0.15, 0.2) is 0 Å². The molecule has 0 saturated carbocycles. The summed E-state index contributed by atoms with van der Waals surface area (Å²) in [6.07, 6.45) is 4.23. The second-order valence-electron chi connectivity index (χ2n) is 4.12. The number of hydrogen-bond donors (Lipinski definition) is 2. The van der Waals surface area contributed by atoms with Crippen LogP contribution < -0.4 is 10.6 Å². The Morgan fingerprint density at radius 1 is 1.62 bits per heavy atom. The van der Waals surface area contributed by atoms with Crippen molar-refractivity contribution in [2.45, 2.75) is 31.7 Å². The molecule has 0 spiro atoms. The zero-order chi connectivity index (χ0) is 11.4. The first kappa shape index (κ1) is 11.6. The first-order valence-electron chi connectivity index (χ1n) is 5.81. The Kier molecular flexibility index (Phi) is 3.96. The molecule has 1 aliphatic carbocycles. The van der Waals surface area contributed by atoms with Gasteiger partial charge in [-0.25, -0.2) is 0 Å². The molecule has 3 nitrogen and oxygen atoms in total. The highest BCUT2D eigenvalue weighted by molar-refractivity contribution is 7.10. The van der Waals surface area contributed by atoms with Crippen LogP contribution in [0.25, 0.3) is 0 Å². The van der Waals surface area contributed by atoms with Gasteiger partial charge in [-0.1, -0.05) is 0 Å². The van der Waals surface area contributed by atoms with Crippen molar-refractivity contribution in [3.8, 4) is 0 Å². The lowest BCUT2D eigenvalue weighted by molar-refractivity contribution is -0.120. The van der Waals surface area contributed by atoms with Crippen LogP contribution in [0.2, 0.25) is 0 Å². The molecule has 0 radical (unpaired) electrons. The van der Waals surface area contributed by atoms with Crippen LogP contribution in [0.5, 0.6) is 0 Å². The fraction of sp³-hybridized carbons (Fsp3) is 0.583. The van der Waals surface area contributed by atoms with Crippen LogP contribution in [0.15, 0.2) is 11.4 Å². The van der Waals surface area contributed by atoms with Crippen molar-refractivity contribution in [2.75, 3.05) is 13.6 Å². The van der Waals surface area contributed by atoms with Gasteiger partial charge in [-0.3, -0.25) is 4.79 Å². The fourth-order valence-electron chi connectivity index (χ4n) is 2.18. The van der Waals surface area contributed by atoms with E-state index in [0.717, 1.165) is 6.54 Å². The minimum absolute atomic E-state index is 0.105. The number of hydrogen-bond acceptors (Lipinski definition) is 3. The quantitative estimate of drug-likeness (QED) is 0.840. The van der Waals surface area contributed by atoms with Crippen molar-refractivity contribution < 1.29 is 4.79 Å². The van der Waals surface area contributed by atoms with Gasteiger partial charge in [-0.2, -0.15) is 0 Å². The molecule has 88 valence electrons. The molecule has 1 aliphatic rings. The number of aryl methyl sites for hydroxylation is 1. The zero-order valence-corrected chi connectivity index (χ0v) is 10.4. The van der Waals surface area contributed by atoms with Crippen LogP contribution in [-0.2, 0) is 11.2 Å². The Labute approximate surface area is 100 Å². The van der Waals surface area contributed by atoms with Crippen LogP contribution in [0.4, 0.5) is 0 Å². The summed E-state index contributed by atoms with van der Waals surface area (Å²) in [5.41, 5.74) is 1.45. The molecule has 1 aromatic rings. The maximum Gasteiger partial charge on any atom is 0.221 e. The van der Waals surface area contributed by atoms with Crippen molar-refractivity contribution in [2.24, 2.45) is 0 Å². The molecule has 1 aromatic heterocycles. The number of fused-ring (bicyclic) bond motifs is 1. The molecule has 0 aromatic carbocycles. The summed E-state index contributed by atoms with van der Waals surface area (Å²) in [5, 5.41) is 8.28. The maximum absolute atomic E-state index is 11.1. The molecule has 0 bridgehead atoms. The molecular formula is C12H18N2OS. The van der Waals surface area contributed by atoms with Gasteiger partial charge in [0.25, 0.3) is 0 Å². The molecule has 0 aliphatic heterocycles. The molecule has 0 fully saturated rings. The van der Waals surface area contributed by atoms with E-state index in [1.165, 1.54) is 29.7 Å². The Morgan fingerprint density at radius 3 is 3.31 bits per heavy atom. The average molecular weight is 238 g/mol. The smallest absolute Gasteiger partial charge is 0.221 e. The number of rotatable bonds is 4. The molecule has 16 heavy (non-hydrogen) atoms. The third-order valence-corrected chi connectivity index (χ3v) is 4.07. The summed E-state index contributed by atoms with van der Waals surface area (Å²) in [6, 6.07) is 2.68.